The molecular weight excluding hydrogens is 268 g/mol. The van der Waals surface area contributed by atoms with Gasteiger partial charge in [0.2, 0.25) is 0 Å². The standard InChI is InChI=1S/C21H30O/c1-2-11-3-10(1)20-14-7-17(18(8-14)21(11)20)15-5-13-4-12(15)6-16(13)19-9-22-19/h10-21H,1-9H2. The smallest absolute Gasteiger partial charge is 0.0840 e. The highest BCUT2D eigenvalue weighted by Crippen LogP contribution is 2.71. The van der Waals surface area contributed by atoms with Crippen LogP contribution in [-0.2, 0) is 4.74 Å². The minimum atomic E-state index is 0.700. The first-order valence-electron chi connectivity index (χ1n) is 10.5. The third kappa shape index (κ3) is 1.39. The van der Waals surface area contributed by atoms with Crippen LogP contribution in [0.1, 0.15) is 51.4 Å². The van der Waals surface area contributed by atoms with Crippen molar-refractivity contribution in [1.29, 1.82) is 0 Å². The molecule has 6 bridgehead atoms. The van der Waals surface area contributed by atoms with E-state index in [1.807, 2.05) is 0 Å². The average molecular weight is 298 g/mol. The Kier molecular flexibility index (Phi) is 2.22. The molecule has 1 heterocycles. The molecule has 12 atom stereocenters. The van der Waals surface area contributed by atoms with Gasteiger partial charge in [-0.2, -0.15) is 0 Å². The first kappa shape index (κ1) is 12.3. The second kappa shape index (κ2) is 3.95. The molecule has 6 saturated carbocycles. The van der Waals surface area contributed by atoms with Gasteiger partial charge in [-0.25, -0.2) is 0 Å². The Morgan fingerprint density at radius 2 is 1.14 bits per heavy atom. The van der Waals surface area contributed by atoms with Crippen molar-refractivity contribution >= 4 is 0 Å². The second-order valence-electron chi connectivity index (χ2n) is 10.5. The van der Waals surface area contributed by atoms with Crippen molar-refractivity contribution in [2.24, 2.45) is 65.1 Å². The molecule has 0 amide bonds. The molecule has 7 aliphatic rings. The summed E-state index contributed by atoms with van der Waals surface area (Å²) in [6.45, 7) is 1.10. The van der Waals surface area contributed by atoms with Crippen LogP contribution in [0.25, 0.3) is 0 Å². The van der Waals surface area contributed by atoms with Gasteiger partial charge >= 0.3 is 0 Å². The number of ether oxygens (including phenoxy) is 1. The van der Waals surface area contributed by atoms with Crippen molar-refractivity contribution in [3.63, 3.8) is 0 Å². The molecular formula is C21H30O. The number of hydrogen-bond acceptors (Lipinski definition) is 1. The van der Waals surface area contributed by atoms with E-state index in [0.29, 0.717) is 6.10 Å². The van der Waals surface area contributed by atoms with Gasteiger partial charge in [-0.1, -0.05) is 0 Å². The van der Waals surface area contributed by atoms with E-state index in [-0.39, 0.29) is 0 Å². The molecule has 0 radical (unpaired) electrons. The van der Waals surface area contributed by atoms with E-state index in [1.165, 1.54) is 41.4 Å². The lowest BCUT2D eigenvalue weighted by Gasteiger charge is -2.43. The van der Waals surface area contributed by atoms with E-state index in [9.17, 15) is 0 Å². The molecule has 7 rings (SSSR count). The van der Waals surface area contributed by atoms with Crippen molar-refractivity contribution in [1.82, 2.24) is 0 Å². The van der Waals surface area contributed by atoms with Gasteiger partial charge in [0.25, 0.3) is 0 Å². The Labute approximate surface area is 134 Å². The maximum absolute atomic E-state index is 5.65. The highest BCUT2D eigenvalue weighted by Gasteiger charge is 2.65. The second-order valence-corrected chi connectivity index (χ2v) is 10.5. The zero-order chi connectivity index (χ0) is 14.0. The van der Waals surface area contributed by atoms with Gasteiger partial charge in [0, 0.05) is 0 Å². The SMILES string of the molecule is C1C2CC(C3CC4CC3C3C5CCC(C5)C43)C1CC2C1CO1. The largest absolute Gasteiger partial charge is 0.373 e. The summed E-state index contributed by atoms with van der Waals surface area (Å²) in [5, 5.41) is 0. The van der Waals surface area contributed by atoms with Crippen LogP contribution in [-0.4, -0.2) is 12.7 Å². The lowest BCUT2D eigenvalue weighted by Crippen LogP contribution is -2.37. The van der Waals surface area contributed by atoms with E-state index >= 15 is 0 Å². The summed E-state index contributed by atoms with van der Waals surface area (Å²) in [5.74, 6) is 12.6. The van der Waals surface area contributed by atoms with Crippen molar-refractivity contribution in [3.05, 3.63) is 0 Å². The minimum Gasteiger partial charge on any atom is -0.373 e. The highest BCUT2D eigenvalue weighted by molar-refractivity contribution is 5.13. The number of fused-ring (bicyclic) bond motifs is 11. The maximum atomic E-state index is 5.65. The van der Waals surface area contributed by atoms with Crippen molar-refractivity contribution in [3.8, 4) is 0 Å². The number of hydrogen-bond donors (Lipinski definition) is 0. The zero-order valence-corrected chi connectivity index (χ0v) is 13.7. The molecule has 0 aromatic rings. The Balaban J connectivity index is 1.14. The molecule has 0 aromatic heterocycles. The van der Waals surface area contributed by atoms with Crippen molar-refractivity contribution in [2.75, 3.05) is 6.61 Å². The molecule has 1 aliphatic heterocycles. The molecule has 0 spiro atoms. The van der Waals surface area contributed by atoms with E-state index < -0.39 is 0 Å². The van der Waals surface area contributed by atoms with Gasteiger partial charge in [0.15, 0.2) is 0 Å². The molecule has 0 N–H and O–H groups in total. The van der Waals surface area contributed by atoms with Gasteiger partial charge in [0.05, 0.1) is 12.7 Å². The van der Waals surface area contributed by atoms with Crippen LogP contribution in [0.15, 0.2) is 0 Å². The molecule has 1 saturated heterocycles. The van der Waals surface area contributed by atoms with E-state index in [1.54, 1.807) is 51.4 Å². The fraction of sp³-hybridized carbons (Fsp3) is 1.00. The van der Waals surface area contributed by atoms with Crippen LogP contribution in [0.4, 0.5) is 0 Å². The summed E-state index contributed by atoms with van der Waals surface area (Å²) in [4.78, 5) is 0. The zero-order valence-electron chi connectivity index (χ0n) is 13.7. The summed E-state index contributed by atoms with van der Waals surface area (Å²) < 4.78 is 5.65. The summed E-state index contributed by atoms with van der Waals surface area (Å²) in [6, 6.07) is 0. The monoisotopic (exact) mass is 298 g/mol. The van der Waals surface area contributed by atoms with Gasteiger partial charge < -0.3 is 4.74 Å². The van der Waals surface area contributed by atoms with Gasteiger partial charge in [-0.05, 0) is 116 Å². The van der Waals surface area contributed by atoms with Crippen molar-refractivity contribution in [2.45, 2.75) is 57.5 Å². The molecule has 12 unspecified atom stereocenters. The summed E-state index contributed by atoms with van der Waals surface area (Å²) in [5.41, 5.74) is 0. The van der Waals surface area contributed by atoms with Gasteiger partial charge in [-0.3, -0.25) is 0 Å². The van der Waals surface area contributed by atoms with Crippen molar-refractivity contribution < 1.29 is 4.74 Å². The highest BCUT2D eigenvalue weighted by atomic mass is 16.6. The molecule has 22 heavy (non-hydrogen) atoms. The Bertz CT molecular complexity index is 510. The minimum absolute atomic E-state index is 0.700. The predicted molar refractivity (Wildman–Crippen MR) is 85.1 cm³/mol. The quantitative estimate of drug-likeness (QED) is 0.545. The normalized spacial score (nSPS) is 69.8. The molecule has 1 nitrogen and oxygen atoms in total. The van der Waals surface area contributed by atoms with E-state index in [4.69, 9.17) is 4.74 Å². The lowest BCUT2D eigenvalue weighted by molar-refractivity contribution is 0.0499. The maximum Gasteiger partial charge on any atom is 0.0840 e. The first-order valence-corrected chi connectivity index (χ1v) is 10.5. The van der Waals surface area contributed by atoms with E-state index in [2.05, 4.69) is 0 Å². The third-order valence-electron chi connectivity index (χ3n) is 10.1. The fourth-order valence-electron chi connectivity index (χ4n) is 9.76. The Morgan fingerprint density at radius 3 is 1.91 bits per heavy atom. The van der Waals surface area contributed by atoms with Crippen LogP contribution in [0.3, 0.4) is 0 Å². The predicted octanol–water partition coefficient (Wildman–Crippen LogP) is 4.37. The van der Waals surface area contributed by atoms with Crippen LogP contribution in [0, 0.1) is 65.1 Å². The summed E-state index contributed by atoms with van der Waals surface area (Å²) in [6.07, 6.45) is 13.6. The average Bonchev–Trinajstić information content (AvgIpc) is 3.10. The Morgan fingerprint density at radius 1 is 0.500 bits per heavy atom. The summed E-state index contributed by atoms with van der Waals surface area (Å²) >= 11 is 0. The fourth-order valence-corrected chi connectivity index (χ4v) is 9.76. The molecule has 7 fully saturated rings. The topological polar surface area (TPSA) is 12.5 Å². The Hall–Kier alpha value is -0.0400. The molecule has 1 heteroatoms. The number of epoxide rings is 1. The molecule has 6 aliphatic carbocycles. The van der Waals surface area contributed by atoms with Crippen LogP contribution in [0.2, 0.25) is 0 Å². The molecule has 120 valence electrons. The first-order chi connectivity index (χ1) is 10.9. The van der Waals surface area contributed by atoms with Crippen LogP contribution >= 0.6 is 0 Å². The summed E-state index contributed by atoms with van der Waals surface area (Å²) in [7, 11) is 0. The van der Waals surface area contributed by atoms with Gasteiger partial charge in [0.1, 0.15) is 0 Å². The van der Waals surface area contributed by atoms with Crippen LogP contribution < -0.4 is 0 Å². The van der Waals surface area contributed by atoms with E-state index in [0.717, 1.165) is 30.3 Å². The van der Waals surface area contributed by atoms with Gasteiger partial charge in [-0.15, -0.1) is 0 Å². The van der Waals surface area contributed by atoms with Crippen LogP contribution in [0.5, 0.6) is 0 Å². The number of rotatable bonds is 2. The third-order valence-corrected chi connectivity index (χ3v) is 10.1. The lowest BCUT2D eigenvalue weighted by atomic mass is 9.62. The molecule has 0 aromatic carbocycles.